The number of hydrogen-bond acceptors (Lipinski definition) is 6. The molecule has 0 aliphatic heterocycles. The highest BCUT2D eigenvalue weighted by molar-refractivity contribution is 5.67. The first-order chi connectivity index (χ1) is 14.5. The van der Waals surface area contributed by atoms with Crippen molar-refractivity contribution in [3.63, 3.8) is 0 Å². The van der Waals surface area contributed by atoms with E-state index in [0.717, 1.165) is 11.1 Å². The molecule has 30 heavy (non-hydrogen) atoms. The molecule has 3 rings (SSSR count). The smallest absolute Gasteiger partial charge is 0.407 e. The van der Waals surface area contributed by atoms with Gasteiger partial charge >= 0.3 is 6.09 Å². The SMILES string of the molecule is CC1(O)CC[C@H](NC(=O)OCc2ccccc2)[C@H](NC(OC=O)c2ccccc2)C1. The molecule has 1 saturated carbocycles. The van der Waals surface area contributed by atoms with E-state index in [1.165, 1.54) is 0 Å². The zero-order chi connectivity index (χ0) is 21.4. The molecule has 160 valence electrons. The topological polar surface area (TPSA) is 96.9 Å². The van der Waals surface area contributed by atoms with Crippen LogP contribution >= 0.6 is 0 Å². The molecule has 0 radical (unpaired) electrons. The molecule has 1 amide bonds. The van der Waals surface area contributed by atoms with Crippen molar-refractivity contribution in [3.05, 3.63) is 71.8 Å². The van der Waals surface area contributed by atoms with Crippen molar-refractivity contribution < 1.29 is 24.2 Å². The molecule has 1 aliphatic carbocycles. The number of alkyl carbamates (subject to hydrolysis) is 1. The lowest BCUT2D eigenvalue weighted by Gasteiger charge is -2.41. The van der Waals surface area contributed by atoms with E-state index in [4.69, 9.17) is 9.47 Å². The lowest BCUT2D eigenvalue weighted by molar-refractivity contribution is -0.136. The van der Waals surface area contributed by atoms with Crippen molar-refractivity contribution in [1.82, 2.24) is 10.6 Å². The van der Waals surface area contributed by atoms with Gasteiger partial charge in [-0.1, -0.05) is 60.7 Å². The Morgan fingerprint density at radius 1 is 1.17 bits per heavy atom. The van der Waals surface area contributed by atoms with Crippen LogP contribution in [0, 0.1) is 0 Å². The highest BCUT2D eigenvalue weighted by Crippen LogP contribution is 2.30. The molecule has 2 aromatic rings. The molecule has 3 N–H and O–H groups in total. The van der Waals surface area contributed by atoms with E-state index in [0.29, 0.717) is 25.7 Å². The van der Waals surface area contributed by atoms with E-state index in [1.54, 1.807) is 6.92 Å². The Morgan fingerprint density at radius 2 is 1.83 bits per heavy atom. The normalized spacial score (nSPS) is 24.5. The minimum absolute atomic E-state index is 0.177. The van der Waals surface area contributed by atoms with Gasteiger partial charge < -0.3 is 19.9 Å². The van der Waals surface area contributed by atoms with E-state index >= 15 is 0 Å². The first-order valence-electron chi connectivity index (χ1n) is 10.1. The maximum atomic E-state index is 12.4. The number of hydrogen-bond donors (Lipinski definition) is 3. The minimum atomic E-state index is -0.883. The zero-order valence-electron chi connectivity index (χ0n) is 17.0. The highest BCUT2D eigenvalue weighted by Gasteiger charge is 2.38. The van der Waals surface area contributed by atoms with E-state index < -0.39 is 17.9 Å². The zero-order valence-corrected chi connectivity index (χ0v) is 17.0. The van der Waals surface area contributed by atoms with Crippen molar-refractivity contribution in [2.45, 2.75) is 56.7 Å². The molecule has 1 fully saturated rings. The summed E-state index contributed by atoms with van der Waals surface area (Å²) in [5.74, 6) is 0. The van der Waals surface area contributed by atoms with E-state index in [9.17, 15) is 14.7 Å². The molecule has 0 aromatic heterocycles. The van der Waals surface area contributed by atoms with Crippen LogP contribution < -0.4 is 10.6 Å². The molecule has 0 bridgehead atoms. The third kappa shape index (κ3) is 6.30. The number of ether oxygens (including phenoxy) is 2. The van der Waals surface area contributed by atoms with Crippen LogP contribution in [-0.2, 0) is 20.9 Å². The largest absolute Gasteiger partial charge is 0.445 e. The third-order valence-electron chi connectivity index (χ3n) is 5.31. The Morgan fingerprint density at radius 3 is 2.50 bits per heavy atom. The van der Waals surface area contributed by atoms with Gasteiger partial charge in [-0.2, -0.15) is 0 Å². The van der Waals surface area contributed by atoms with E-state index in [1.807, 2.05) is 60.7 Å². The van der Waals surface area contributed by atoms with Crippen LogP contribution in [0.3, 0.4) is 0 Å². The Bertz CT molecular complexity index is 813. The fourth-order valence-electron chi connectivity index (χ4n) is 3.74. The van der Waals surface area contributed by atoms with Gasteiger partial charge in [0.1, 0.15) is 6.61 Å². The van der Waals surface area contributed by atoms with Crippen molar-refractivity contribution in [2.75, 3.05) is 0 Å². The number of nitrogens with one attached hydrogen (secondary N) is 2. The van der Waals surface area contributed by atoms with Gasteiger partial charge in [0.15, 0.2) is 6.23 Å². The van der Waals surface area contributed by atoms with Crippen LogP contribution in [0.25, 0.3) is 0 Å². The summed E-state index contributed by atoms with van der Waals surface area (Å²) in [4.78, 5) is 23.4. The Labute approximate surface area is 176 Å². The number of carbonyl (C=O) groups is 2. The molecular weight excluding hydrogens is 384 g/mol. The first-order valence-corrected chi connectivity index (χ1v) is 10.1. The molecule has 1 aliphatic rings. The Kier molecular flexibility index (Phi) is 7.43. The summed E-state index contributed by atoms with van der Waals surface area (Å²) < 4.78 is 10.6. The molecule has 7 nitrogen and oxygen atoms in total. The van der Waals surface area contributed by atoms with Crippen LogP contribution in [0.1, 0.15) is 43.5 Å². The maximum absolute atomic E-state index is 12.4. The van der Waals surface area contributed by atoms with Crippen molar-refractivity contribution in [1.29, 1.82) is 0 Å². The lowest BCUT2D eigenvalue weighted by atomic mass is 9.80. The molecule has 7 heteroatoms. The van der Waals surface area contributed by atoms with Gasteiger partial charge in [0, 0.05) is 17.6 Å². The molecule has 0 saturated heterocycles. The van der Waals surface area contributed by atoms with Gasteiger partial charge in [0.25, 0.3) is 6.47 Å². The van der Waals surface area contributed by atoms with Gasteiger partial charge in [-0.25, -0.2) is 4.79 Å². The third-order valence-corrected chi connectivity index (χ3v) is 5.31. The van der Waals surface area contributed by atoms with Crippen LogP contribution in [0.2, 0.25) is 0 Å². The van der Waals surface area contributed by atoms with Crippen LogP contribution in [-0.4, -0.2) is 35.4 Å². The average molecular weight is 412 g/mol. The summed E-state index contributed by atoms with van der Waals surface area (Å²) in [6.45, 7) is 2.34. The van der Waals surface area contributed by atoms with Gasteiger partial charge in [-0.3, -0.25) is 10.1 Å². The summed E-state index contributed by atoms with van der Waals surface area (Å²) in [6, 6.07) is 18.1. The Balaban J connectivity index is 1.65. The van der Waals surface area contributed by atoms with Crippen LogP contribution in [0.4, 0.5) is 4.79 Å². The molecule has 0 heterocycles. The second-order valence-corrected chi connectivity index (χ2v) is 7.85. The molecule has 2 aromatic carbocycles. The number of amides is 1. The van der Waals surface area contributed by atoms with Crippen LogP contribution in [0.15, 0.2) is 60.7 Å². The van der Waals surface area contributed by atoms with Gasteiger partial charge in [-0.05, 0) is 31.7 Å². The summed E-state index contributed by atoms with van der Waals surface area (Å²) in [5, 5.41) is 16.7. The second kappa shape index (κ2) is 10.2. The fraction of sp³-hybridized carbons (Fsp3) is 0.391. The average Bonchev–Trinajstić information content (AvgIpc) is 2.75. The highest BCUT2D eigenvalue weighted by atomic mass is 16.5. The summed E-state index contributed by atoms with van der Waals surface area (Å²) >= 11 is 0. The quantitative estimate of drug-likeness (QED) is 0.456. The lowest BCUT2D eigenvalue weighted by Crippen LogP contribution is -2.57. The molecular formula is C23H28N2O5. The minimum Gasteiger partial charge on any atom is -0.445 e. The van der Waals surface area contributed by atoms with E-state index in [-0.39, 0.29) is 18.7 Å². The van der Waals surface area contributed by atoms with Crippen molar-refractivity contribution in [3.8, 4) is 0 Å². The second-order valence-electron chi connectivity index (χ2n) is 7.85. The fourth-order valence-corrected chi connectivity index (χ4v) is 3.74. The predicted molar refractivity (Wildman–Crippen MR) is 111 cm³/mol. The monoisotopic (exact) mass is 412 g/mol. The predicted octanol–water partition coefficient (Wildman–Crippen LogP) is 3.05. The number of aliphatic hydroxyl groups is 1. The van der Waals surface area contributed by atoms with Gasteiger partial charge in [-0.15, -0.1) is 0 Å². The summed E-state index contributed by atoms with van der Waals surface area (Å²) in [7, 11) is 0. The van der Waals surface area contributed by atoms with Crippen LogP contribution in [0.5, 0.6) is 0 Å². The molecule has 4 atom stereocenters. The molecule has 2 unspecified atom stereocenters. The van der Waals surface area contributed by atoms with E-state index in [2.05, 4.69) is 10.6 Å². The van der Waals surface area contributed by atoms with Crippen molar-refractivity contribution >= 4 is 12.6 Å². The Hall–Kier alpha value is -2.90. The molecule has 0 spiro atoms. The number of benzene rings is 2. The number of carbonyl (C=O) groups excluding carboxylic acids is 2. The van der Waals surface area contributed by atoms with Gasteiger partial charge in [0.2, 0.25) is 0 Å². The van der Waals surface area contributed by atoms with Gasteiger partial charge in [0.05, 0.1) is 5.60 Å². The standard InChI is InChI=1S/C23H28N2O5/c1-23(28)13-12-19(25-22(27)29-15-17-8-4-2-5-9-17)20(14-23)24-21(30-16-26)18-10-6-3-7-11-18/h2-11,16,19-21,24,28H,12-15H2,1H3,(H,25,27)/t19-,20+,21?,23?/m0/s1. The van der Waals surface area contributed by atoms with Crippen molar-refractivity contribution in [2.24, 2.45) is 0 Å². The number of rotatable bonds is 8. The first kappa shape index (κ1) is 21.8. The summed E-state index contributed by atoms with van der Waals surface area (Å²) in [5.41, 5.74) is 0.796. The summed E-state index contributed by atoms with van der Waals surface area (Å²) in [6.07, 6.45) is 0.284. The maximum Gasteiger partial charge on any atom is 0.407 e.